The molecule has 0 bridgehead atoms. The van der Waals surface area contributed by atoms with Gasteiger partial charge in [-0.2, -0.15) is 4.74 Å². The summed E-state index contributed by atoms with van der Waals surface area (Å²) >= 11 is 1.45. The van der Waals surface area contributed by atoms with E-state index in [1.165, 1.54) is 29.0 Å². The number of esters is 1. The number of aromatic nitrogens is 1. The van der Waals surface area contributed by atoms with E-state index in [1.807, 2.05) is 60.7 Å². The second-order valence-corrected chi connectivity index (χ2v) is 8.88. The van der Waals surface area contributed by atoms with Crippen molar-refractivity contribution >= 4 is 23.6 Å². The van der Waals surface area contributed by atoms with Crippen LogP contribution in [0.1, 0.15) is 17.2 Å². The molecule has 0 spiro atoms. The molecule has 2 aliphatic rings. The first-order valence-electron chi connectivity index (χ1n) is 10.4. The van der Waals surface area contributed by atoms with E-state index in [9.17, 15) is 14.4 Å². The topological polar surface area (TPSA) is 108 Å². The number of β-lactam (4-membered cyclic amide) rings is 1. The molecule has 2 N–H and O–H groups in total. The van der Waals surface area contributed by atoms with E-state index in [0.717, 1.165) is 15.9 Å². The molecule has 1 amide bonds. The van der Waals surface area contributed by atoms with Gasteiger partial charge in [0.1, 0.15) is 23.4 Å². The number of nitrogens with two attached hydrogens (primary N) is 1. The minimum absolute atomic E-state index is 0.0380. The molecule has 5 rings (SSSR count). The molecule has 2 aliphatic heterocycles. The lowest BCUT2D eigenvalue weighted by molar-refractivity contribution is -0.153. The summed E-state index contributed by atoms with van der Waals surface area (Å²) in [6.45, 7) is 0.0380. The van der Waals surface area contributed by atoms with Crippen LogP contribution in [0.25, 0.3) is 0 Å². The number of carbonyl (C=O) groups is 2. The van der Waals surface area contributed by atoms with E-state index in [1.54, 1.807) is 0 Å². The van der Waals surface area contributed by atoms with Gasteiger partial charge in [0.05, 0.1) is 6.54 Å². The van der Waals surface area contributed by atoms with E-state index in [4.69, 9.17) is 15.0 Å². The molecular weight excluding hydrogens is 442 g/mol. The number of nitrogens with zero attached hydrogens (tertiary/aromatic N) is 2. The zero-order chi connectivity index (χ0) is 22.9. The van der Waals surface area contributed by atoms with Crippen LogP contribution in [0.5, 0.6) is 0 Å². The third kappa shape index (κ3) is 3.90. The van der Waals surface area contributed by atoms with Crippen molar-refractivity contribution in [3.63, 3.8) is 0 Å². The summed E-state index contributed by atoms with van der Waals surface area (Å²) in [5.74, 6) is -0.576. The summed E-state index contributed by atoms with van der Waals surface area (Å²) in [4.78, 5) is 39.6. The number of rotatable bonds is 6. The highest BCUT2D eigenvalue weighted by Crippen LogP contribution is 2.41. The molecule has 1 aromatic heterocycles. The van der Waals surface area contributed by atoms with Crippen LogP contribution in [-0.2, 0) is 20.9 Å². The van der Waals surface area contributed by atoms with Gasteiger partial charge in [-0.25, -0.2) is 4.79 Å². The lowest BCUT2D eigenvalue weighted by Gasteiger charge is -2.48. The number of amides is 1. The summed E-state index contributed by atoms with van der Waals surface area (Å²) in [5, 5.41) is -0.343. The fourth-order valence-corrected chi connectivity index (χ4v) is 5.30. The van der Waals surface area contributed by atoms with Gasteiger partial charge in [0, 0.05) is 11.8 Å². The van der Waals surface area contributed by atoms with Crippen LogP contribution in [0.2, 0.25) is 0 Å². The van der Waals surface area contributed by atoms with Crippen LogP contribution in [0.4, 0.5) is 0 Å². The van der Waals surface area contributed by atoms with Crippen molar-refractivity contribution in [1.82, 2.24) is 9.64 Å². The highest BCUT2D eigenvalue weighted by atomic mass is 32.2. The Kier molecular flexibility index (Phi) is 5.65. The third-order valence-electron chi connectivity index (χ3n) is 5.69. The highest BCUT2D eigenvalue weighted by Gasteiger charge is 2.52. The summed E-state index contributed by atoms with van der Waals surface area (Å²) in [7, 11) is 0. The first-order chi connectivity index (χ1) is 16.0. The predicted octanol–water partition coefficient (Wildman–Crippen LogP) is 2.27. The number of hydrogen-bond donors (Lipinski definition) is 1. The monoisotopic (exact) mass is 463 g/mol. The van der Waals surface area contributed by atoms with Crippen molar-refractivity contribution in [2.75, 3.05) is 5.75 Å². The number of hydrogen-bond acceptors (Lipinski definition) is 7. The molecule has 0 saturated carbocycles. The largest absolute Gasteiger partial charge is 0.448 e. The quantitative estimate of drug-likeness (QED) is 0.441. The minimum atomic E-state index is -0.676. The van der Waals surface area contributed by atoms with Crippen LogP contribution in [0.3, 0.4) is 0 Å². The fourth-order valence-electron chi connectivity index (χ4n) is 4.02. The third-order valence-corrected chi connectivity index (χ3v) is 7.05. The van der Waals surface area contributed by atoms with Gasteiger partial charge in [-0.1, -0.05) is 60.7 Å². The van der Waals surface area contributed by atoms with Crippen molar-refractivity contribution in [3.8, 4) is 0 Å². The molecule has 8 nitrogen and oxygen atoms in total. The van der Waals surface area contributed by atoms with Gasteiger partial charge in [0.2, 0.25) is 5.91 Å². The molecule has 0 aliphatic carbocycles. The highest BCUT2D eigenvalue weighted by molar-refractivity contribution is 8.00. The average molecular weight is 464 g/mol. The average Bonchev–Trinajstić information content (AvgIpc) is 3.26. The first-order valence-corrected chi connectivity index (χ1v) is 11.5. The Morgan fingerprint density at radius 1 is 1.06 bits per heavy atom. The summed E-state index contributed by atoms with van der Waals surface area (Å²) in [6, 6.07) is 19.4. The van der Waals surface area contributed by atoms with E-state index in [0.29, 0.717) is 11.3 Å². The number of ether oxygens (including phenoxy) is 1. The second-order valence-electron chi connectivity index (χ2n) is 7.78. The maximum Gasteiger partial charge on any atom is 0.356 e. The molecule has 1 unspecified atom stereocenters. The van der Waals surface area contributed by atoms with E-state index in [-0.39, 0.29) is 29.1 Å². The molecule has 3 heterocycles. The molecule has 1 fully saturated rings. The maximum absolute atomic E-state index is 13.6. The molecule has 9 heteroatoms. The number of carbonyl (C=O) groups excluding carboxylic acids is 2. The normalized spacial score (nSPS) is 19.9. The maximum atomic E-state index is 13.6. The van der Waals surface area contributed by atoms with E-state index < -0.39 is 18.1 Å². The van der Waals surface area contributed by atoms with Crippen LogP contribution < -0.4 is 11.3 Å². The van der Waals surface area contributed by atoms with Gasteiger partial charge >= 0.3 is 5.97 Å². The molecule has 33 heavy (non-hydrogen) atoms. The smallest absolute Gasteiger partial charge is 0.356 e. The van der Waals surface area contributed by atoms with Crippen molar-refractivity contribution in [3.05, 3.63) is 106 Å². The van der Waals surface area contributed by atoms with Crippen LogP contribution >= 0.6 is 11.8 Å². The van der Waals surface area contributed by atoms with Gasteiger partial charge in [-0.3, -0.25) is 14.5 Å². The van der Waals surface area contributed by atoms with Gasteiger partial charge < -0.3 is 15.0 Å². The second kappa shape index (κ2) is 8.76. The van der Waals surface area contributed by atoms with Crippen molar-refractivity contribution in [1.29, 1.82) is 0 Å². The van der Waals surface area contributed by atoms with Crippen LogP contribution in [0.15, 0.2) is 93.6 Å². The number of fused-ring (bicyclic) bond motifs is 1. The molecule has 2 atom stereocenters. The van der Waals surface area contributed by atoms with Crippen LogP contribution in [0, 0.1) is 0 Å². The van der Waals surface area contributed by atoms with Gasteiger partial charge in [0.15, 0.2) is 6.10 Å². The van der Waals surface area contributed by atoms with E-state index >= 15 is 0 Å². The van der Waals surface area contributed by atoms with Gasteiger partial charge in [-0.05, 0) is 16.7 Å². The Hall–Kier alpha value is -3.56. The SMILES string of the molecule is NC1C(=O)N2C(C(=O)OC(c3ccccc3)c3ccccc3)=C(Cn3occc3=O)CS[C@H]12. The van der Waals surface area contributed by atoms with Crippen molar-refractivity contribution in [2.45, 2.75) is 24.1 Å². The van der Waals surface area contributed by atoms with E-state index in [2.05, 4.69) is 0 Å². The van der Waals surface area contributed by atoms with Crippen molar-refractivity contribution in [2.24, 2.45) is 5.73 Å². The number of benzene rings is 2. The fraction of sp³-hybridized carbons (Fsp3) is 0.208. The Bertz CT molecular complexity index is 1230. The standard InChI is InChI=1S/C24H21N3O5S/c25-19-22(29)27-20(17(14-33-23(19)27)13-26-18(28)11-12-31-26)24(30)32-21(15-7-3-1-4-8-15)16-9-5-2-6-10-16/h1-12,19,21,23H,13-14,25H2/t19?,23-/m1/s1. The van der Waals surface area contributed by atoms with Crippen LogP contribution in [-0.4, -0.2) is 38.7 Å². The molecule has 0 radical (unpaired) electrons. The molecule has 3 aromatic rings. The molecular formula is C24H21N3O5S. The van der Waals surface area contributed by atoms with Gasteiger partial charge in [-0.15, -0.1) is 11.8 Å². The molecule has 1 saturated heterocycles. The zero-order valence-corrected chi connectivity index (χ0v) is 18.3. The zero-order valence-electron chi connectivity index (χ0n) is 17.5. The Labute approximate surface area is 193 Å². The molecule has 168 valence electrons. The summed E-state index contributed by atoms with van der Waals surface area (Å²) < 4.78 is 12.4. The Morgan fingerprint density at radius 3 is 2.27 bits per heavy atom. The lowest BCUT2D eigenvalue weighted by atomic mass is 10.0. The predicted molar refractivity (Wildman–Crippen MR) is 122 cm³/mol. The Morgan fingerprint density at radius 2 is 1.70 bits per heavy atom. The summed E-state index contributed by atoms with van der Waals surface area (Å²) in [6.07, 6.45) is 0.614. The molecule has 2 aromatic carbocycles. The number of thioether (sulfide) groups is 1. The van der Waals surface area contributed by atoms with Crippen molar-refractivity contribution < 1.29 is 18.8 Å². The summed E-state index contributed by atoms with van der Waals surface area (Å²) in [5.41, 5.74) is 7.93. The Balaban J connectivity index is 1.53. The van der Waals surface area contributed by atoms with Gasteiger partial charge in [0.25, 0.3) is 5.56 Å². The lowest BCUT2D eigenvalue weighted by Crippen LogP contribution is -2.68. The minimum Gasteiger partial charge on any atom is -0.448 e. The first kappa shape index (κ1) is 21.3.